The van der Waals surface area contributed by atoms with Crippen LogP contribution in [-0.2, 0) is 11.0 Å². The van der Waals surface area contributed by atoms with Gasteiger partial charge in [0.1, 0.15) is 24.2 Å². The number of allylic oxidation sites excluding steroid dienone is 1. The number of hydrogen-bond acceptors (Lipinski definition) is 4. The number of anilines is 1. The maximum atomic E-state index is 12.3. The van der Waals surface area contributed by atoms with Gasteiger partial charge in [-0.2, -0.15) is 0 Å². The number of fused-ring (bicyclic) bond motifs is 1. The van der Waals surface area contributed by atoms with Gasteiger partial charge in [-0.05, 0) is 48.0 Å². The maximum Gasteiger partial charge on any atom is 0.185 e. The van der Waals surface area contributed by atoms with Crippen LogP contribution < -0.4 is 14.2 Å². The summed E-state index contributed by atoms with van der Waals surface area (Å²) < 4.78 is 25.3. The molecule has 25 heavy (non-hydrogen) atoms. The van der Waals surface area contributed by atoms with Crippen LogP contribution in [0.15, 0.2) is 48.5 Å². The Labute approximate surface area is 149 Å². The summed E-state index contributed by atoms with van der Waals surface area (Å²) >= 11 is 0. The minimum atomic E-state index is -1.10. The monoisotopic (exact) mass is 357 g/mol. The summed E-state index contributed by atoms with van der Waals surface area (Å²) in [6.07, 6.45) is 3.27. The van der Waals surface area contributed by atoms with Crippen molar-refractivity contribution in [3.63, 3.8) is 0 Å². The number of benzene rings is 2. The zero-order chi connectivity index (χ0) is 17.6. The van der Waals surface area contributed by atoms with Gasteiger partial charge in [-0.25, -0.2) is 4.21 Å². The highest BCUT2D eigenvalue weighted by atomic mass is 32.2. The van der Waals surface area contributed by atoms with Crippen molar-refractivity contribution >= 4 is 28.5 Å². The molecular weight excluding hydrogens is 338 g/mol. The lowest BCUT2D eigenvalue weighted by molar-refractivity contribution is 0.104. The minimum Gasteiger partial charge on any atom is -0.486 e. The Kier molecular flexibility index (Phi) is 5.50. The van der Waals surface area contributed by atoms with E-state index >= 15 is 0 Å². The Hall–Kier alpha value is -2.60. The number of hydrogen-bond donors (Lipinski definition) is 1. The molecule has 0 aromatic heterocycles. The molecule has 1 unspecified atom stereocenters. The Morgan fingerprint density at radius 1 is 1.12 bits per heavy atom. The third kappa shape index (κ3) is 4.48. The molecule has 1 aliphatic heterocycles. The molecule has 0 bridgehead atoms. The van der Waals surface area contributed by atoms with E-state index in [4.69, 9.17) is 9.47 Å². The number of nitrogens with one attached hydrogen (secondary N) is 1. The summed E-state index contributed by atoms with van der Waals surface area (Å²) in [4.78, 5) is 12.3. The highest BCUT2D eigenvalue weighted by Crippen LogP contribution is 2.31. The van der Waals surface area contributed by atoms with Crippen LogP contribution in [0.3, 0.4) is 0 Å². The van der Waals surface area contributed by atoms with E-state index in [0.29, 0.717) is 30.3 Å². The highest BCUT2D eigenvalue weighted by molar-refractivity contribution is 7.86. The van der Waals surface area contributed by atoms with Crippen molar-refractivity contribution in [2.45, 2.75) is 6.92 Å². The number of ketones is 1. The molecule has 2 aromatic rings. The van der Waals surface area contributed by atoms with Gasteiger partial charge in [0.15, 0.2) is 17.3 Å². The van der Waals surface area contributed by atoms with Gasteiger partial charge in [0, 0.05) is 17.0 Å². The number of ether oxygens (including phenoxy) is 2. The minimum absolute atomic E-state index is 0.0990. The largest absolute Gasteiger partial charge is 0.486 e. The predicted octanol–water partition coefficient (Wildman–Crippen LogP) is 3.45. The lowest BCUT2D eigenvalue weighted by Crippen LogP contribution is -2.15. The molecule has 5 nitrogen and oxygen atoms in total. The molecule has 0 saturated heterocycles. The Morgan fingerprint density at radius 2 is 1.84 bits per heavy atom. The fourth-order valence-electron chi connectivity index (χ4n) is 2.34. The zero-order valence-electron chi connectivity index (χ0n) is 13.9. The number of carbonyl (C=O) groups is 1. The van der Waals surface area contributed by atoms with Crippen molar-refractivity contribution in [2.24, 2.45) is 0 Å². The maximum absolute atomic E-state index is 12.3. The topological polar surface area (TPSA) is 64.6 Å². The number of carbonyl (C=O) groups excluding carboxylic acids is 1. The van der Waals surface area contributed by atoms with Gasteiger partial charge < -0.3 is 14.2 Å². The molecule has 1 atom stereocenters. The first-order valence-corrected chi connectivity index (χ1v) is 9.35. The smallest absolute Gasteiger partial charge is 0.185 e. The van der Waals surface area contributed by atoms with E-state index < -0.39 is 11.0 Å². The number of rotatable bonds is 6. The van der Waals surface area contributed by atoms with Crippen molar-refractivity contribution in [3.8, 4) is 11.5 Å². The van der Waals surface area contributed by atoms with E-state index in [2.05, 4.69) is 4.72 Å². The van der Waals surface area contributed by atoms with Crippen molar-refractivity contribution in [1.29, 1.82) is 0 Å². The van der Waals surface area contributed by atoms with Crippen LogP contribution in [0.1, 0.15) is 22.8 Å². The molecule has 1 N–H and O–H groups in total. The summed E-state index contributed by atoms with van der Waals surface area (Å²) in [5.74, 6) is 1.85. The van der Waals surface area contributed by atoms with Gasteiger partial charge in [-0.15, -0.1) is 0 Å². The fraction of sp³-hybridized carbons (Fsp3) is 0.211. The van der Waals surface area contributed by atoms with E-state index in [-0.39, 0.29) is 5.78 Å². The predicted molar refractivity (Wildman–Crippen MR) is 99.5 cm³/mol. The Morgan fingerprint density at radius 3 is 2.56 bits per heavy atom. The van der Waals surface area contributed by atoms with Crippen molar-refractivity contribution in [1.82, 2.24) is 0 Å². The fourth-order valence-corrected chi connectivity index (χ4v) is 2.88. The quantitative estimate of drug-likeness (QED) is 0.635. The van der Waals surface area contributed by atoms with Crippen LogP contribution in [0.4, 0.5) is 5.69 Å². The first-order valence-electron chi connectivity index (χ1n) is 8.03. The van der Waals surface area contributed by atoms with E-state index in [1.54, 1.807) is 30.3 Å². The lowest BCUT2D eigenvalue weighted by Gasteiger charge is -2.18. The Bertz CT molecular complexity index is 815. The second-order valence-corrected chi connectivity index (χ2v) is 6.89. The second-order valence-electron chi connectivity index (χ2n) is 5.41. The molecule has 0 fully saturated rings. The molecule has 0 spiro atoms. The Balaban J connectivity index is 1.67. The average molecular weight is 357 g/mol. The third-order valence-electron chi connectivity index (χ3n) is 3.66. The first kappa shape index (κ1) is 17.2. The molecule has 0 radical (unpaired) electrons. The van der Waals surface area contributed by atoms with E-state index in [1.165, 1.54) is 6.08 Å². The van der Waals surface area contributed by atoms with Crippen LogP contribution in [0.5, 0.6) is 11.5 Å². The second kappa shape index (κ2) is 7.98. The standard InChI is InChI=1S/C19H19NO4S/c1-2-25(22)20-16-7-5-15(6-8-16)17(21)9-3-14-4-10-18-19(13-14)24-12-11-23-18/h3-10,13,20H,2,11-12H2,1H3/b9-3+. The molecular formula is C19H19NO4S. The molecule has 6 heteroatoms. The van der Waals surface area contributed by atoms with Gasteiger partial charge >= 0.3 is 0 Å². The van der Waals surface area contributed by atoms with Gasteiger partial charge in [0.25, 0.3) is 0 Å². The van der Waals surface area contributed by atoms with Crippen LogP contribution in [0.2, 0.25) is 0 Å². The van der Waals surface area contributed by atoms with Crippen LogP contribution in [-0.4, -0.2) is 29.0 Å². The molecule has 0 aliphatic carbocycles. The van der Waals surface area contributed by atoms with Crippen LogP contribution in [0.25, 0.3) is 6.08 Å². The average Bonchev–Trinajstić information content (AvgIpc) is 2.66. The van der Waals surface area contributed by atoms with Gasteiger partial charge in [0.05, 0.1) is 0 Å². The molecule has 2 aromatic carbocycles. The first-order chi connectivity index (χ1) is 12.2. The van der Waals surface area contributed by atoms with Gasteiger partial charge in [0.2, 0.25) is 0 Å². The van der Waals surface area contributed by atoms with Gasteiger partial charge in [-0.1, -0.05) is 19.1 Å². The zero-order valence-corrected chi connectivity index (χ0v) is 14.7. The highest BCUT2D eigenvalue weighted by Gasteiger charge is 2.11. The molecule has 130 valence electrons. The van der Waals surface area contributed by atoms with Crippen molar-refractivity contribution < 1.29 is 18.5 Å². The normalized spacial score (nSPS) is 14.3. The molecule has 1 aliphatic rings. The summed E-state index contributed by atoms with van der Waals surface area (Å²) in [6.45, 7) is 2.92. The molecule has 3 rings (SSSR count). The van der Waals surface area contributed by atoms with Crippen LogP contribution in [0, 0.1) is 0 Å². The lowest BCUT2D eigenvalue weighted by atomic mass is 10.1. The third-order valence-corrected chi connectivity index (χ3v) is 4.64. The van der Waals surface area contributed by atoms with Crippen molar-refractivity contribution in [3.05, 3.63) is 59.7 Å². The molecule has 1 heterocycles. The van der Waals surface area contributed by atoms with Crippen LogP contribution >= 0.6 is 0 Å². The van der Waals surface area contributed by atoms with E-state index in [0.717, 1.165) is 17.0 Å². The summed E-state index contributed by atoms with van der Waals surface area (Å²) in [6, 6.07) is 12.5. The summed E-state index contributed by atoms with van der Waals surface area (Å²) in [7, 11) is -1.10. The molecule has 0 amide bonds. The van der Waals surface area contributed by atoms with E-state index in [1.807, 2.05) is 25.1 Å². The summed E-state index contributed by atoms with van der Waals surface area (Å²) in [5, 5.41) is 0. The summed E-state index contributed by atoms with van der Waals surface area (Å²) in [5.41, 5.74) is 2.17. The SMILES string of the molecule is CCS(=O)Nc1ccc(C(=O)/C=C/c2ccc3c(c2)OCCO3)cc1. The van der Waals surface area contributed by atoms with Gasteiger partial charge in [-0.3, -0.25) is 4.79 Å². The molecule has 0 saturated carbocycles. The van der Waals surface area contributed by atoms with E-state index in [9.17, 15) is 9.00 Å². The van der Waals surface area contributed by atoms with Crippen molar-refractivity contribution in [2.75, 3.05) is 23.7 Å².